The summed E-state index contributed by atoms with van der Waals surface area (Å²) < 4.78 is 5.62. The Morgan fingerprint density at radius 2 is 1.89 bits per heavy atom. The van der Waals surface area contributed by atoms with E-state index in [9.17, 15) is 4.79 Å². The molecule has 1 aliphatic rings. The van der Waals surface area contributed by atoms with Gasteiger partial charge >= 0.3 is 0 Å². The van der Waals surface area contributed by atoms with Gasteiger partial charge in [0.1, 0.15) is 0 Å². The summed E-state index contributed by atoms with van der Waals surface area (Å²) in [5.74, 6) is 0.613. The zero-order valence-electron chi connectivity index (χ0n) is 12.5. The summed E-state index contributed by atoms with van der Waals surface area (Å²) in [5, 5.41) is 0. The van der Waals surface area contributed by atoms with Crippen LogP contribution in [0.4, 0.5) is 0 Å². The summed E-state index contributed by atoms with van der Waals surface area (Å²) >= 11 is 0. The molecule has 1 atom stereocenters. The smallest absolute Gasteiger partial charge is 0.240 e. The van der Waals surface area contributed by atoms with Crippen LogP contribution in [0.15, 0.2) is 0 Å². The highest BCUT2D eigenvalue weighted by molar-refractivity contribution is 5.82. The van der Waals surface area contributed by atoms with E-state index in [-0.39, 0.29) is 11.9 Å². The van der Waals surface area contributed by atoms with Crippen LogP contribution in [0.2, 0.25) is 0 Å². The van der Waals surface area contributed by atoms with E-state index in [1.807, 2.05) is 30.8 Å². The molecule has 0 aromatic rings. The van der Waals surface area contributed by atoms with Crippen LogP contribution in [0.5, 0.6) is 0 Å². The van der Waals surface area contributed by atoms with Crippen LogP contribution in [-0.2, 0) is 9.53 Å². The number of hydrogen-bond donors (Lipinski definition) is 0. The van der Waals surface area contributed by atoms with Gasteiger partial charge in [0.2, 0.25) is 5.91 Å². The Hall–Kier alpha value is -0.610. The molecule has 0 spiro atoms. The van der Waals surface area contributed by atoms with Gasteiger partial charge in [-0.2, -0.15) is 0 Å². The zero-order valence-corrected chi connectivity index (χ0v) is 12.5. The van der Waals surface area contributed by atoms with Crippen molar-refractivity contribution in [1.82, 2.24) is 9.80 Å². The molecule has 1 rings (SSSR count). The number of ether oxygens (including phenoxy) is 1. The van der Waals surface area contributed by atoms with Crippen molar-refractivity contribution in [2.75, 3.05) is 33.8 Å². The lowest BCUT2D eigenvalue weighted by Gasteiger charge is -2.37. The quantitative estimate of drug-likeness (QED) is 0.749. The summed E-state index contributed by atoms with van der Waals surface area (Å²) in [5.41, 5.74) is 0. The average Bonchev–Trinajstić information content (AvgIpc) is 2.29. The topological polar surface area (TPSA) is 32.8 Å². The van der Waals surface area contributed by atoms with Crippen LogP contribution >= 0.6 is 0 Å². The monoisotopic (exact) mass is 256 g/mol. The van der Waals surface area contributed by atoms with Crippen LogP contribution in [0.1, 0.15) is 33.6 Å². The Balaban J connectivity index is 2.53. The maximum atomic E-state index is 12.5. The van der Waals surface area contributed by atoms with Crippen LogP contribution in [0.3, 0.4) is 0 Å². The Kier molecular flexibility index (Phi) is 6.09. The summed E-state index contributed by atoms with van der Waals surface area (Å²) in [6.07, 6.45) is 2.28. The number of piperidine rings is 1. The molecule has 0 bridgehead atoms. The van der Waals surface area contributed by atoms with Gasteiger partial charge in [0.05, 0.1) is 12.1 Å². The third-order valence-electron chi connectivity index (χ3n) is 3.60. The van der Waals surface area contributed by atoms with E-state index in [4.69, 9.17) is 4.74 Å². The number of likely N-dealkylation sites (N-methyl/N-ethyl adjacent to an activating group) is 1. The third-order valence-corrected chi connectivity index (χ3v) is 3.60. The van der Waals surface area contributed by atoms with Gasteiger partial charge in [0.15, 0.2) is 0 Å². The number of carbonyl (C=O) groups is 1. The molecule has 1 aliphatic heterocycles. The lowest BCUT2D eigenvalue weighted by atomic mass is 9.99. The summed E-state index contributed by atoms with van der Waals surface area (Å²) in [4.78, 5) is 16.5. The molecule has 18 heavy (non-hydrogen) atoms. The number of nitrogens with zero attached hydrogens (tertiary/aromatic N) is 2. The lowest BCUT2D eigenvalue weighted by Crippen LogP contribution is -2.51. The minimum absolute atomic E-state index is 0.00589. The molecule has 1 fully saturated rings. The van der Waals surface area contributed by atoms with Crippen LogP contribution in [0, 0.1) is 5.92 Å². The molecule has 1 saturated heterocycles. The summed E-state index contributed by atoms with van der Waals surface area (Å²) in [7, 11) is 3.96. The van der Waals surface area contributed by atoms with Gasteiger partial charge in [-0.1, -0.05) is 13.8 Å². The third kappa shape index (κ3) is 3.95. The van der Waals surface area contributed by atoms with Gasteiger partial charge in [-0.3, -0.25) is 9.69 Å². The molecular formula is C14H28N2O2. The number of carbonyl (C=O) groups excluding carboxylic acids is 1. The molecule has 4 nitrogen and oxygen atoms in total. The molecule has 1 heterocycles. The van der Waals surface area contributed by atoms with E-state index in [2.05, 4.69) is 13.8 Å². The highest BCUT2D eigenvalue weighted by Crippen LogP contribution is 2.18. The van der Waals surface area contributed by atoms with Crippen LogP contribution < -0.4 is 0 Å². The molecule has 0 aromatic carbocycles. The standard InChI is InChI=1S/C14H28N2O2/c1-6-18-12-7-9-16(10-8-12)14(17)13(11(2)3)15(4)5/h11-13H,6-10H2,1-5H3/t13-/m0/s1. The zero-order chi connectivity index (χ0) is 13.7. The molecule has 0 radical (unpaired) electrons. The number of hydrogen-bond acceptors (Lipinski definition) is 3. The Labute approximate surface area is 111 Å². The SMILES string of the molecule is CCOC1CCN(C(=O)[C@H](C(C)C)N(C)C)CC1. The molecule has 0 aliphatic carbocycles. The van der Waals surface area contributed by atoms with Crippen LogP contribution in [-0.4, -0.2) is 61.6 Å². The molecule has 4 heteroatoms. The predicted octanol–water partition coefficient (Wildman–Crippen LogP) is 1.60. The second kappa shape index (κ2) is 7.10. The van der Waals surface area contributed by atoms with E-state index in [1.54, 1.807) is 0 Å². The van der Waals surface area contributed by atoms with Gasteiger partial charge in [-0.15, -0.1) is 0 Å². The number of amides is 1. The minimum Gasteiger partial charge on any atom is -0.378 e. The van der Waals surface area contributed by atoms with Crippen molar-refractivity contribution in [2.24, 2.45) is 5.92 Å². The van der Waals surface area contributed by atoms with Gasteiger partial charge in [0, 0.05) is 19.7 Å². The van der Waals surface area contributed by atoms with E-state index >= 15 is 0 Å². The van der Waals surface area contributed by atoms with Crippen molar-refractivity contribution in [3.05, 3.63) is 0 Å². The van der Waals surface area contributed by atoms with Gasteiger partial charge in [-0.25, -0.2) is 0 Å². The maximum absolute atomic E-state index is 12.5. The van der Waals surface area contributed by atoms with Crippen molar-refractivity contribution < 1.29 is 9.53 Å². The van der Waals surface area contributed by atoms with Crippen molar-refractivity contribution in [3.8, 4) is 0 Å². The van der Waals surface area contributed by atoms with Crippen LogP contribution in [0.25, 0.3) is 0 Å². The predicted molar refractivity (Wildman–Crippen MR) is 73.5 cm³/mol. The second-order valence-corrected chi connectivity index (χ2v) is 5.63. The molecule has 0 aromatic heterocycles. The number of rotatable bonds is 5. The first-order valence-corrected chi connectivity index (χ1v) is 7.04. The molecule has 1 amide bonds. The first kappa shape index (κ1) is 15.4. The molecular weight excluding hydrogens is 228 g/mol. The Bertz CT molecular complexity index is 251. The first-order chi connectivity index (χ1) is 8.47. The molecule has 0 saturated carbocycles. The van der Waals surface area contributed by atoms with E-state index in [0.29, 0.717) is 12.0 Å². The van der Waals surface area contributed by atoms with Gasteiger partial charge in [-0.05, 0) is 39.8 Å². The number of likely N-dealkylation sites (tertiary alicyclic amines) is 1. The Morgan fingerprint density at radius 3 is 2.28 bits per heavy atom. The van der Waals surface area contributed by atoms with E-state index in [1.165, 1.54) is 0 Å². The molecule has 0 N–H and O–H groups in total. The minimum atomic E-state index is -0.00589. The summed E-state index contributed by atoms with van der Waals surface area (Å²) in [6.45, 7) is 8.68. The average molecular weight is 256 g/mol. The van der Waals surface area contributed by atoms with E-state index < -0.39 is 0 Å². The molecule has 106 valence electrons. The second-order valence-electron chi connectivity index (χ2n) is 5.63. The van der Waals surface area contributed by atoms with Crippen molar-refractivity contribution in [2.45, 2.75) is 45.8 Å². The Morgan fingerprint density at radius 1 is 1.33 bits per heavy atom. The fourth-order valence-electron chi connectivity index (χ4n) is 2.77. The van der Waals surface area contributed by atoms with Gasteiger partial charge in [0.25, 0.3) is 0 Å². The fraction of sp³-hybridized carbons (Fsp3) is 0.929. The molecule has 0 unspecified atom stereocenters. The highest BCUT2D eigenvalue weighted by atomic mass is 16.5. The van der Waals surface area contributed by atoms with Crippen molar-refractivity contribution in [3.63, 3.8) is 0 Å². The van der Waals surface area contributed by atoms with Gasteiger partial charge < -0.3 is 9.64 Å². The first-order valence-electron chi connectivity index (χ1n) is 7.04. The van der Waals surface area contributed by atoms with Crippen molar-refractivity contribution >= 4 is 5.91 Å². The van der Waals surface area contributed by atoms with Crippen molar-refractivity contribution in [1.29, 1.82) is 0 Å². The maximum Gasteiger partial charge on any atom is 0.240 e. The fourth-order valence-corrected chi connectivity index (χ4v) is 2.77. The highest BCUT2D eigenvalue weighted by Gasteiger charge is 2.31. The normalized spacial score (nSPS) is 19.6. The lowest BCUT2D eigenvalue weighted by molar-refractivity contribution is -0.140. The summed E-state index contributed by atoms with van der Waals surface area (Å²) in [6, 6.07) is -0.00589. The van der Waals surface area contributed by atoms with E-state index in [0.717, 1.165) is 32.5 Å². The largest absolute Gasteiger partial charge is 0.378 e.